The van der Waals surface area contributed by atoms with Gasteiger partial charge in [-0.25, -0.2) is 14.2 Å². The topological polar surface area (TPSA) is 115 Å². The van der Waals surface area contributed by atoms with Gasteiger partial charge in [0.1, 0.15) is 11.2 Å². The number of carbonyl (C=O) groups is 2. The SMILES string of the molecule is COc1c([C@H]2[C@H](C(N)=O)N[C@@](C)(C(F)(F)F)[C@H]2C)ccc(F)c1F.O=C(O)c1ccccn1. The zero-order chi connectivity index (χ0) is 25.1. The average Bonchev–Trinajstić information content (AvgIpc) is 3.03. The average molecular weight is 475 g/mol. The summed E-state index contributed by atoms with van der Waals surface area (Å²) in [7, 11) is 1.07. The maximum atomic E-state index is 13.9. The number of alkyl halides is 3. The van der Waals surface area contributed by atoms with Crippen LogP contribution >= 0.6 is 0 Å². The number of carboxylic acids is 1. The number of rotatable bonds is 4. The number of nitrogens with zero attached hydrogens (tertiary/aromatic N) is 1. The number of hydrogen-bond acceptors (Lipinski definition) is 5. The Morgan fingerprint density at radius 2 is 1.85 bits per heavy atom. The molecule has 3 rings (SSSR count). The molecule has 12 heteroatoms. The summed E-state index contributed by atoms with van der Waals surface area (Å²) in [5.74, 6) is -7.41. The van der Waals surface area contributed by atoms with E-state index >= 15 is 0 Å². The van der Waals surface area contributed by atoms with Crippen molar-refractivity contribution in [2.75, 3.05) is 7.11 Å². The van der Waals surface area contributed by atoms with Gasteiger partial charge >= 0.3 is 12.1 Å². The van der Waals surface area contributed by atoms with Gasteiger partial charge in [-0.05, 0) is 31.0 Å². The number of carbonyl (C=O) groups excluding carboxylic acids is 1. The second-order valence-electron chi connectivity index (χ2n) is 7.54. The Balaban J connectivity index is 0.000000357. The number of nitrogens with one attached hydrogen (secondary N) is 1. The third-order valence-corrected chi connectivity index (χ3v) is 5.69. The van der Waals surface area contributed by atoms with Crippen LogP contribution in [0.5, 0.6) is 5.75 Å². The van der Waals surface area contributed by atoms with Crippen molar-refractivity contribution < 1.29 is 41.4 Å². The Morgan fingerprint density at radius 3 is 2.27 bits per heavy atom. The molecule has 1 amide bonds. The molecule has 0 aliphatic carbocycles. The largest absolute Gasteiger partial charge is 0.493 e. The zero-order valence-corrected chi connectivity index (χ0v) is 17.8. The maximum absolute atomic E-state index is 13.9. The van der Waals surface area contributed by atoms with Crippen molar-refractivity contribution in [1.29, 1.82) is 0 Å². The van der Waals surface area contributed by atoms with Crippen molar-refractivity contribution in [1.82, 2.24) is 10.3 Å². The zero-order valence-electron chi connectivity index (χ0n) is 17.8. The van der Waals surface area contributed by atoms with Crippen molar-refractivity contribution >= 4 is 11.9 Å². The van der Waals surface area contributed by atoms with Crippen molar-refractivity contribution in [3.8, 4) is 5.75 Å². The molecular formula is C21H22F5N3O4. The number of hydrogen-bond donors (Lipinski definition) is 3. The van der Waals surface area contributed by atoms with Crippen LogP contribution < -0.4 is 15.8 Å². The standard InChI is InChI=1S/C15H17F5N2O2.C6H5NO2/c1-6-9(7-4-5-8(16)10(17)12(7)24-3)11(13(21)23)22-14(6,2)15(18,19)20;8-6(9)5-3-1-2-4-7-5/h4-6,9,11,22H,1-3H3,(H2,21,23);1-4H,(H,8,9)/t6-,9-,11+,14+;/m0./s1. The number of carboxylic acid groups (broad SMARTS) is 1. The Hall–Kier alpha value is -3.28. The fraction of sp³-hybridized carbons (Fsp3) is 0.381. The van der Waals surface area contributed by atoms with Crippen LogP contribution in [0.3, 0.4) is 0 Å². The summed E-state index contributed by atoms with van der Waals surface area (Å²) in [6.45, 7) is 2.18. The predicted octanol–water partition coefficient (Wildman–Crippen LogP) is 3.25. The van der Waals surface area contributed by atoms with Crippen molar-refractivity contribution in [3.63, 3.8) is 0 Å². The van der Waals surface area contributed by atoms with Gasteiger partial charge in [0.25, 0.3) is 0 Å². The predicted molar refractivity (Wildman–Crippen MR) is 107 cm³/mol. The van der Waals surface area contributed by atoms with Gasteiger partial charge in [-0.1, -0.05) is 19.1 Å². The van der Waals surface area contributed by atoms with Crippen LogP contribution in [0.2, 0.25) is 0 Å². The molecule has 0 radical (unpaired) electrons. The number of aromatic nitrogens is 1. The van der Waals surface area contributed by atoms with E-state index in [1.807, 2.05) is 0 Å². The summed E-state index contributed by atoms with van der Waals surface area (Å²) >= 11 is 0. The van der Waals surface area contributed by atoms with Crippen LogP contribution in [0.25, 0.3) is 0 Å². The summed E-state index contributed by atoms with van der Waals surface area (Å²) in [5, 5.41) is 10.5. The van der Waals surface area contributed by atoms with Crippen LogP contribution in [0, 0.1) is 17.6 Å². The number of primary amides is 1. The molecule has 0 saturated carbocycles. The molecule has 1 fully saturated rings. The van der Waals surface area contributed by atoms with Crippen molar-refractivity contribution in [3.05, 3.63) is 59.4 Å². The van der Waals surface area contributed by atoms with Gasteiger partial charge in [0.2, 0.25) is 11.7 Å². The van der Waals surface area contributed by atoms with Crippen LogP contribution in [0.1, 0.15) is 35.8 Å². The molecule has 2 heterocycles. The number of nitrogens with two attached hydrogens (primary N) is 1. The first kappa shape index (κ1) is 26.0. The van der Waals surface area contributed by atoms with Crippen LogP contribution in [-0.4, -0.2) is 46.8 Å². The Labute approximate surface area is 185 Å². The molecule has 1 aromatic heterocycles. The van der Waals surface area contributed by atoms with Crippen LogP contribution in [-0.2, 0) is 4.79 Å². The number of pyridine rings is 1. The number of amides is 1. The number of methoxy groups -OCH3 is 1. The van der Waals surface area contributed by atoms with Crippen molar-refractivity contribution in [2.45, 2.75) is 37.5 Å². The molecule has 4 atom stereocenters. The van der Waals surface area contributed by atoms with Gasteiger partial charge in [-0.2, -0.15) is 17.6 Å². The van der Waals surface area contributed by atoms with E-state index in [0.717, 1.165) is 26.2 Å². The summed E-state index contributed by atoms with van der Waals surface area (Å²) in [6.07, 6.45) is -3.23. The summed E-state index contributed by atoms with van der Waals surface area (Å²) < 4.78 is 72.5. The van der Waals surface area contributed by atoms with Gasteiger partial charge in [0.05, 0.1) is 13.2 Å². The molecule has 0 spiro atoms. The van der Waals surface area contributed by atoms with E-state index in [1.54, 1.807) is 12.1 Å². The van der Waals surface area contributed by atoms with Gasteiger partial charge in [0.15, 0.2) is 11.6 Å². The normalized spacial score (nSPS) is 24.5. The Kier molecular flexibility index (Phi) is 7.63. The molecule has 0 bridgehead atoms. The molecule has 0 unspecified atom stereocenters. The van der Waals surface area contributed by atoms with E-state index in [1.165, 1.54) is 19.2 Å². The van der Waals surface area contributed by atoms with Gasteiger partial charge in [-0.15, -0.1) is 0 Å². The molecule has 2 aromatic rings. The quantitative estimate of drug-likeness (QED) is 0.585. The van der Waals surface area contributed by atoms with E-state index in [0.29, 0.717) is 0 Å². The lowest BCUT2D eigenvalue weighted by Gasteiger charge is -2.33. The second-order valence-corrected chi connectivity index (χ2v) is 7.54. The molecule has 1 saturated heterocycles. The first-order chi connectivity index (χ1) is 15.3. The van der Waals surface area contributed by atoms with Crippen LogP contribution in [0.15, 0.2) is 36.5 Å². The lowest BCUT2D eigenvalue weighted by Crippen LogP contribution is -2.56. The second kappa shape index (κ2) is 9.69. The van der Waals surface area contributed by atoms with E-state index in [-0.39, 0.29) is 11.3 Å². The first-order valence-electron chi connectivity index (χ1n) is 9.56. The summed E-state index contributed by atoms with van der Waals surface area (Å²) in [4.78, 5) is 25.4. The van der Waals surface area contributed by atoms with E-state index in [4.69, 9.17) is 15.6 Å². The number of halogens is 5. The molecule has 4 N–H and O–H groups in total. The maximum Gasteiger partial charge on any atom is 0.406 e. The van der Waals surface area contributed by atoms with Crippen LogP contribution in [0.4, 0.5) is 22.0 Å². The fourth-order valence-electron chi connectivity index (χ4n) is 3.74. The highest BCUT2D eigenvalue weighted by Crippen LogP contribution is 2.51. The van der Waals surface area contributed by atoms with E-state index in [9.17, 15) is 31.5 Å². The molecular weight excluding hydrogens is 453 g/mol. The number of ether oxygens (including phenoxy) is 1. The minimum Gasteiger partial charge on any atom is -0.493 e. The highest BCUT2D eigenvalue weighted by Gasteiger charge is 2.63. The van der Waals surface area contributed by atoms with Crippen molar-refractivity contribution in [2.24, 2.45) is 11.7 Å². The molecule has 180 valence electrons. The Morgan fingerprint density at radius 1 is 1.21 bits per heavy atom. The first-order valence-corrected chi connectivity index (χ1v) is 9.56. The van der Waals surface area contributed by atoms with Gasteiger partial charge in [-0.3, -0.25) is 10.1 Å². The highest BCUT2D eigenvalue weighted by atomic mass is 19.4. The lowest BCUT2D eigenvalue weighted by atomic mass is 9.76. The van der Waals surface area contributed by atoms with Gasteiger partial charge in [0, 0.05) is 17.7 Å². The molecule has 1 aliphatic rings. The third kappa shape index (κ3) is 5.05. The lowest BCUT2D eigenvalue weighted by molar-refractivity contribution is -0.198. The number of benzene rings is 1. The highest BCUT2D eigenvalue weighted by molar-refractivity contribution is 5.85. The van der Waals surface area contributed by atoms with E-state index < -0.39 is 58.9 Å². The monoisotopic (exact) mass is 475 g/mol. The molecule has 7 nitrogen and oxygen atoms in total. The Bertz CT molecular complexity index is 1020. The third-order valence-electron chi connectivity index (χ3n) is 5.69. The van der Waals surface area contributed by atoms with E-state index in [2.05, 4.69) is 10.3 Å². The van der Waals surface area contributed by atoms with Gasteiger partial charge < -0.3 is 15.6 Å². The summed E-state index contributed by atoms with van der Waals surface area (Å²) in [5.41, 5.74) is 2.84. The minimum atomic E-state index is -4.68. The molecule has 1 aromatic carbocycles. The molecule has 33 heavy (non-hydrogen) atoms. The minimum absolute atomic E-state index is 0.0480. The molecule has 1 aliphatic heterocycles. The fourth-order valence-corrected chi connectivity index (χ4v) is 3.74. The smallest absolute Gasteiger partial charge is 0.406 e. The number of aromatic carboxylic acids is 1. The summed E-state index contributed by atoms with van der Waals surface area (Å²) in [6, 6.07) is 5.23.